The molecule has 0 aliphatic carbocycles. The quantitative estimate of drug-likeness (QED) is 0.220. The number of amides is 1. The van der Waals surface area contributed by atoms with E-state index in [-0.39, 0.29) is 42.0 Å². The molecule has 4 rings (SSSR count). The third-order valence-electron chi connectivity index (χ3n) is 6.47. The van der Waals surface area contributed by atoms with E-state index in [2.05, 4.69) is 15.5 Å². The highest BCUT2D eigenvalue weighted by molar-refractivity contribution is 7.89. The Morgan fingerprint density at radius 3 is 2.24 bits per heavy atom. The van der Waals surface area contributed by atoms with Crippen LogP contribution in [0.15, 0.2) is 88.3 Å². The van der Waals surface area contributed by atoms with Crippen molar-refractivity contribution in [2.24, 2.45) is 5.92 Å². The maximum atomic E-state index is 13.7. The van der Waals surface area contributed by atoms with Gasteiger partial charge in [-0.1, -0.05) is 49.3 Å². The van der Waals surface area contributed by atoms with Gasteiger partial charge in [-0.25, -0.2) is 13.2 Å². The van der Waals surface area contributed by atoms with E-state index >= 15 is 0 Å². The van der Waals surface area contributed by atoms with Crippen LogP contribution in [0.5, 0.6) is 0 Å². The molecule has 1 amide bonds. The maximum absolute atomic E-state index is 13.7. The number of nitrogens with zero attached hydrogens (tertiary/aromatic N) is 4. The third kappa shape index (κ3) is 7.58. The van der Waals surface area contributed by atoms with E-state index in [1.54, 1.807) is 48.5 Å². The van der Waals surface area contributed by atoms with Crippen LogP contribution in [0.1, 0.15) is 25.0 Å². The van der Waals surface area contributed by atoms with Gasteiger partial charge in [0.05, 0.1) is 28.7 Å². The van der Waals surface area contributed by atoms with E-state index < -0.39 is 28.3 Å². The molecular formula is C30H31N5O6S. The molecule has 0 spiro atoms. The minimum absolute atomic E-state index is 0.000661. The summed E-state index contributed by atoms with van der Waals surface area (Å²) < 4.78 is 33.9. The van der Waals surface area contributed by atoms with Gasteiger partial charge >= 0.3 is 6.09 Å². The number of aromatic nitrogens is 2. The van der Waals surface area contributed by atoms with E-state index in [1.807, 2.05) is 38.1 Å². The van der Waals surface area contributed by atoms with Gasteiger partial charge in [-0.3, -0.25) is 0 Å². The SMILES string of the molecule is CC(C)CN(C[C@H](O)[C@H](Cc1ccccc1)NC(=O)O)S(=O)(=O)c1ccc(-c2noc(-c3ccc(C#N)cc3)n2)cc1. The maximum Gasteiger partial charge on any atom is 0.404 e. The number of hydrogen-bond acceptors (Lipinski definition) is 8. The molecule has 0 fully saturated rings. The van der Waals surface area contributed by atoms with Crippen LogP contribution >= 0.6 is 0 Å². The summed E-state index contributed by atoms with van der Waals surface area (Å²) >= 11 is 0. The molecule has 218 valence electrons. The topological polar surface area (TPSA) is 170 Å². The summed E-state index contributed by atoms with van der Waals surface area (Å²) in [7, 11) is -4.06. The highest BCUT2D eigenvalue weighted by Gasteiger charge is 2.31. The Morgan fingerprint density at radius 2 is 1.64 bits per heavy atom. The second-order valence-corrected chi connectivity index (χ2v) is 12.1. The van der Waals surface area contributed by atoms with Crippen molar-refractivity contribution in [2.75, 3.05) is 13.1 Å². The van der Waals surface area contributed by atoms with Gasteiger partial charge in [-0.05, 0) is 66.4 Å². The first-order valence-electron chi connectivity index (χ1n) is 13.2. The van der Waals surface area contributed by atoms with Crippen LogP contribution in [-0.2, 0) is 16.4 Å². The van der Waals surface area contributed by atoms with Crippen LogP contribution in [0.3, 0.4) is 0 Å². The molecule has 0 saturated carbocycles. The van der Waals surface area contributed by atoms with Crippen molar-refractivity contribution in [3.63, 3.8) is 0 Å². The van der Waals surface area contributed by atoms with Crippen molar-refractivity contribution in [1.29, 1.82) is 5.26 Å². The molecule has 0 radical (unpaired) electrons. The average Bonchev–Trinajstić information content (AvgIpc) is 3.47. The van der Waals surface area contributed by atoms with Gasteiger partial charge in [-0.15, -0.1) is 0 Å². The second-order valence-electron chi connectivity index (χ2n) is 10.2. The number of hydrogen-bond donors (Lipinski definition) is 3. The summed E-state index contributed by atoms with van der Waals surface area (Å²) in [5, 5.41) is 35.7. The molecule has 3 N–H and O–H groups in total. The fourth-order valence-electron chi connectivity index (χ4n) is 4.39. The molecule has 4 aromatic rings. The van der Waals surface area contributed by atoms with Crippen LogP contribution in [0, 0.1) is 17.2 Å². The summed E-state index contributed by atoms with van der Waals surface area (Å²) in [4.78, 5) is 15.8. The minimum Gasteiger partial charge on any atom is -0.465 e. The van der Waals surface area contributed by atoms with E-state index in [9.17, 15) is 23.4 Å². The van der Waals surface area contributed by atoms with Gasteiger partial charge in [0.15, 0.2) is 0 Å². The molecule has 3 aromatic carbocycles. The molecule has 0 aliphatic heterocycles. The molecule has 0 bridgehead atoms. The zero-order chi connectivity index (χ0) is 30.3. The summed E-state index contributed by atoms with van der Waals surface area (Å²) in [5.41, 5.74) is 2.46. The normalized spacial score (nSPS) is 13.0. The lowest BCUT2D eigenvalue weighted by molar-refractivity contribution is 0.0980. The Morgan fingerprint density at radius 1 is 1.00 bits per heavy atom. The van der Waals surface area contributed by atoms with Crippen molar-refractivity contribution in [3.05, 3.63) is 90.0 Å². The fourth-order valence-corrected chi connectivity index (χ4v) is 6.02. The van der Waals surface area contributed by atoms with Crippen LogP contribution in [0.4, 0.5) is 4.79 Å². The van der Waals surface area contributed by atoms with E-state index in [0.29, 0.717) is 16.7 Å². The van der Waals surface area contributed by atoms with Crippen molar-refractivity contribution < 1.29 is 27.9 Å². The van der Waals surface area contributed by atoms with Gasteiger partial charge in [0.25, 0.3) is 5.89 Å². The molecule has 0 unspecified atom stereocenters. The fraction of sp³-hybridized carbons (Fsp3) is 0.267. The van der Waals surface area contributed by atoms with Gasteiger partial charge in [0.1, 0.15) is 0 Å². The predicted molar refractivity (Wildman–Crippen MR) is 155 cm³/mol. The summed E-state index contributed by atoms with van der Waals surface area (Å²) in [6, 6.07) is 22.8. The smallest absolute Gasteiger partial charge is 0.404 e. The largest absolute Gasteiger partial charge is 0.465 e. The first kappa shape index (κ1) is 30.4. The van der Waals surface area contributed by atoms with Crippen molar-refractivity contribution in [1.82, 2.24) is 19.8 Å². The van der Waals surface area contributed by atoms with Crippen LogP contribution in [0.25, 0.3) is 22.8 Å². The molecule has 2 atom stereocenters. The van der Waals surface area contributed by atoms with E-state index in [4.69, 9.17) is 9.78 Å². The molecule has 0 saturated heterocycles. The predicted octanol–water partition coefficient (Wildman–Crippen LogP) is 4.16. The first-order chi connectivity index (χ1) is 20.1. The highest BCUT2D eigenvalue weighted by atomic mass is 32.2. The lowest BCUT2D eigenvalue weighted by Gasteiger charge is -2.30. The van der Waals surface area contributed by atoms with E-state index in [1.165, 1.54) is 16.4 Å². The van der Waals surface area contributed by atoms with Gasteiger partial charge in [-0.2, -0.15) is 14.6 Å². The standard InChI is InChI=1S/C30H31N5O6S/c1-20(2)18-35(19-27(36)26(32-30(37)38)16-21-6-4-3-5-7-21)42(39,40)25-14-12-23(13-15-25)28-33-29(41-34-28)24-10-8-22(17-31)9-11-24/h3-15,20,26-27,32,36H,16,18-19H2,1-2H3,(H,37,38)/t26-,27-/m0/s1. The van der Waals surface area contributed by atoms with Gasteiger partial charge in [0, 0.05) is 24.2 Å². The average molecular weight is 590 g/mol. The molecule has 0 aliphatic rings. The molecule has 1 heterocycles. The molecule has 11 nitrogen and oxygen atoms in total. The third-order valence-corrected chi connectivity index (χ3v) is 8.31. The Labute approximate surface area is 244 Å². The van der Waals surface area contributed by atoms with Crippen molar-refractivity contribution in [2.45, 2.75) is 37.3 Å². The summed E-state index contributed by atoms with van der Waals surface area (Å²) in [5.74, 6) is 0.450. The lowest BCUT2D eigenvalue weighted by Crippen LogP contribution is -2.50. The Bertz CT molecular complexity index is 1630. The Hall–Kier alpha value is -4.57. The Balaban J connectivity index is 1.54. The van der Waals surface area contributed by atoms with Gasteiger partial charge < -0.3 is 20.1 Å². The number of sulfonamides is 1. The number of benzene rings is 3. The van der Waals surface area contributed by atoms with Crippen molar-refractivity contribution >= 4 is 16.1 Å². The number of aliphatic hydroxyl groups is 1. The molecular weight excluding hydrogens is 558 g/mol. The zero-order valence-corrected chi connectivity index (χ0v) is 23.9. The minimum atomic E-state index is -4.06. The number of carbonyl (C=O) groups is 1. The van der Waals surface area contributed by atoms with E-state index in [0.717, 1.165) is 5.56 Å². The lowest BCUT2D eigenvalue weighted by atomic mass is 10.0. The number of nitrogens with one attached hydrogen (secondary N) is 1. The monoisotopic (exact) mass is 589 g/mol. The molecule has 12 heteroatoms. The molecule has 42 heavy (non-hydrogen) atoms. The summed E-state index contributed by atoms with van der Waals surface area (Å²) in [6.07, 6.45) is -2.44. The first-order valence-corrected chi connectivity index (χ1v) is 14.7. The molecule has 1 aromatic heterocycles. The number of rotatable bonds is 12. The van der Waals surface area contributed by atoms with Gasteiger partial charge in [0.2, 0.25) is 15.8 Å². The zero-order valence-electron chi connectivity index (χ0n) is 23.1. The number of aliphatic hydroxyl groups excluding tert-OH is 1. The summed E-state index contributed by atoms with van der Waals surface area (Å²) in [6.45, 7) is 3.52. The van der Waals surface area contributed by atoms with Crippen molar-refractivity contribution in [3.8, 4) is 28.9 Å². The van der Waals surface area contributed by atoms with Crippen LogP contribution in [0.2, 0.25) is 0 Å². The van der Waals surface area contributed by atoms with Crippen LogP contribution < -0.4 is 5.32 Å². The van der Waals surface area contributed by atoms with Crippen LogP contribution in [-0.4, -0.2) is 64.4 Å². The second kappa shape index (κ2) is 13.4. The number of carboxylic acid groups (broad SMARTS) is 1. The Kier molecular flexibility index (Phi) is 9.69. The highest BCUT2D eigenvalue weighted by Crippen LogP contribution is 2.25. The number of nitriles is 1.